The quantitative estimate of drug-likeness (QED) is 0.379. The average Bonchev–Trinajstić information content (AvgIpc) is 3.63. The number of likely N-dealkylation sites (tertiary alicyclic amines) is 1. The maximum atomic E-state index is 14.1. The van der Waals surface area contributed by atoms with Gasteiger partial charge >= 0.3 is 0 Å². The number of hydrogen-bond donors (Lipinski definition) is 1. The van der Waals surface area contributed by atoms with Gasteiger partial charge in [0.05, 0.1) is 17.4 Å². The number of aliphatic imine (C=N–C) groups is 1. The van der Waals surface area contributed by atoms with Crippen molar-refractivity contribution in [2.45, 2.75) is 78.1 Å². The van der Waals surface area contributed by atoms with Crippen molar-refractivity contribution in [2.24, 2.45) is 4.99 Å². The molecule has 3 aromatic rings. The zero-order valence-corrected chi connectivity index (χ0v) is 22.6. The topological polar surface area (TPSA) is 44.3 Å². The van der Waals surface area contributed by atoms with Crippen LogP contribution in [0.15, 0.2) is 60.4 Å². The van der Waals surface area contributed by atoms with Crippen LogP contribution in [0, 0.1) is 5.82 Å². The highest BCUT2D eigenvalue weighted by atomic mass is 19.1. The fourth-order valence-corrected chi connectivity index (χ4v) is 5.44. The van der Waals surface area contributed by atoms with Crippen molar-refractivity contribution in [3.63, 3.8) is 0 Å². The molecule has 1 saturated carbocycles. The summed E-state index contributed by atoms with van der Waals surface area (Å²) in [7, 11) is 0. The highest BCUT2D eigenvalue weighted by Crippen LogP contribution is 2.41. The number of nitrogens with zero attached hydrogens (tertiary/aromatic N) is 3. The van der Waals surface area contributed by atoms with E-state index in [0.29, 0.717) is 0 Å². The molecular formula is C31H43FN4. The lowest BCUT2D eigenvalue weighted by Crippen LogP contribution is -2.42. The molecule has 0 spiro atoms. The second kappa shape index (κ2) is 13.4. The number of aromatic amines is 1. The molecule has 1 aliphatic heterocycles. The van der Waals surface area contributed by atoms with E-state index in [9.17, 15) is 4.39 Å². The van der Waals surface area contributed by atoms with Gasteiger partial charge in [0.2, 0.25) is 0 Å². The molecule has 0 radical (unpaired) electrons. The number of nitrogens with one attached hydrogen (secondary N) is 1. The second-order valence-electron chi connectivity index (χ2n) is 9.23. The van der Waals surface area contributed by atoms with Crippen molar-refractivity contribution in [3.8, 4) is 0 Å². The van der Waals surface area contributed by atoms with Gasteiger partial charge in [-0.25, -0.2) is 9.37 Å². The van der Waals surface area contributed by atoms with Crippen molar-refractivity contribution in [1.82, 2.24) is 14.9 Å². The predicted molar refractivity (Wildman–Crippen MR) is 152 cm³/mol. The Balaban J connectivity index is 0.000000861. The van der Waals surface area contributed by atoms with Gasteiger partial charge < -0.3 is 9.88 Å². The van der Waals surface area contributed by atoms with E-state index in [1.807, 2.05) is 45.9 Å². The van der Waals surface area contributed by atoms with Gasteiger partial charge in [0.15, 0.2) is 0 Å². The van der Waals surface area contributed by atoms with E-state index in [1.54, 1.807) is 12.4 Å². The molecule has 2 heterocycles. The van der Waals surface area contributed by atoms with Gasteiger partial charge in [-0.3, -0.25) is 4.99 Å². The largest absolute Gasteiger partial charge is 0.371 e. The number of fused-ring (bicyclic) bond motifs is 1. The van der Waals surface area contributed by atoms with E-state index in [1.165, 1.54) is 24.6 Å². The number of piperidine rings is 1. The third-order valence-electron chi connectivity index (χ3n) is 7.41. The van der Waals surface area contributed by atoms with Crippen LogP contribution in [0.5, 0.6) is 0 Å². The summed E-state index contributed by atoms with van der Waals surface area (Å²) in [5, 5.41) is 0. The van der Waals surface area contributed by atoms with Crippen molar-refractivity contribution in [2.75, 3.05) is 19.6 Å². The van der Waals surface area contributed by atoms with Crippen LogP contribution >= 0.6 is 0 Å². The number of imidazole rings is 1. The molecule has 2 fully saturated rings. The smallest absolute Gasteiger partial charge is 0.123 e. The number of halogens is 1. The Morgan fingerprint density at radius 2 is 1.75 bits per heavy atom. The first-order valence-electron chi connectivity index (χ1n) is 13.8. The molecule has 0 atom stereocenters. The van der Waals surface area contributed by atoms with E-state index in [-0.39, 0.29) is 11.2 Å². The van der Waals surface area contributed by atoms with Crippen molar-refractivity contribution in [3.05, 3.63) is 72.3 Å². The van der Waals surface area contributed by atoms with E-state index >= 15 is 0 Å². The summed E-state index contributed by atoms with van der Waals surface area (Å²) in [5.74, 6) is -0.152. The van der Waals surface area contributed by atoms with Crippen LogP contribution in [0.3, 0.4) is 0 Å². The molecule has 1 saturated heterocycles. The minimum atomic E-state index is -0.152. The molecule has 2 aliphatic rings. The van der Waals surface area contributed by atoms with Crippen LogP contribution in [0.4, 0.5) is 4.39 Å². The molecule has 1 aliphatic carbocycles. The van der Waals surface area contributed by atoms with Crippen molar-refractivity contribution < 1.29 is 4.39 Å². The van der Waals surface area contributed by atoms with Gasteiger partial charge in [-0.1, -0.05) is 58.5 Å². The number of H-pyrrole nitrogens is 1. The maximum absolute atomic E-state index is 14.1. The van der Waals surface area contributed by atoms with Crippen molar-refractivity contribution >= 4 is 22.4 Å². The van der Waals surface area contributed by atoms with Crippen LogP contribution < -0.4 is 0 Å². The van der Waals surface area contributed by atoms with Crippen LogP contribution in [-0.4, -0.2) is 40.2 Å². The van der Waals surface area contributed by atoms with Crippen LogP contribution in [-0.2, 0) is 5.41 Å². The average molecular weight is 491 g/mol. The number of aromatic nitrogens is 2. The molecule has 0 unspecified atom stereocenters. The zero-order valence-electron chi connectivity index (χ0n) is 22.6. The van der Waals surface area contributed by atoms with Gasteiger partial charge in [-0.15, -0.1) is 0 Å². The zero-order chi connectivity index (χ0) is 26.0. The summed E-state index contributed by atoms with van der Waals surface area (Å²) in [6.07, 6.45) is 9.49. The predicted octanol–water partition coefficient (Wildman–Crippen LogP) is 8.16. The Morgan fingerprint density at radius 1 is 1.06 bits per heavy atom. The number of benzene rings is 2. The summed E-state index contributed by atoms with van der Waals surface area (Å²) in [6.45, 7) is 15.0. The lowest BCUT2D eigenvalue weighted by molar-refractivity contribution is 0.207. The molecule has 4 nitrogen and oxygen atoms in total. The summed E-state index contributed by atoms with van der Waals surface area (Å²) in [5.41, 5.74) is 6.53. The fourth-order valence-electron chi connectivity index (χ4n) is 5.44. The number of para-hydroxylation sites is 1. The Morgan fingerprint density at radius 3 is 2.44 bits per heavy atom. The molecule has 1 N–H and O–H groups in total. The summed E-state index contributed by atoms with van der Waals surface area (Å²) in [6, 6.07) is 13.4. The second-order valence-corrected chi connectivity index (χ2v) is 9.23. The third-order valence-corrected chi connectivity index (χ3v) is 7.41. The molecule has 5 heteroatoms. The van der Waals surface area contributed by atoms with E-state index < -0.39 is 0 Å². The number of rotatable bonds is 6. The first-order valence-corrected chi connectivity index (χ1v) is 13.8. The maximum Gasteiger partial charge on any atom is 0.123 e. The SMILES string of the molecule is C=C(c1cccc2[nH]cnc12)N1CCC(CCN=C2CCCC2)(c2cccc(F)c2)CC1.CC.CC. The molecule has 0 amide bonds. The van der Waals surface area contributed by atoms with Gasteiger partial charge in [0.1, 0.15) is 5.82 Å². The first-order chi connectivity index (χ1) is 17.6. The third kappa shape index (κ3) is 6.24. The summed E-state index contributed by atoms with van der Waals surface area (Å²) >= 11 is 0. The molecule has 194 valence electrons. The van der Waals surface area contributed by atoms with E-state index in [0.717, 1.165) is 79.6 Å². The fraction of sp³-hybridized carbons (Fsp3) is 0.484. The molecule has 1 aromatic heterocycles. The lowest BCUT2D eigenvalue weighted by Gasteiger charge is -2.44. The van der Waals surface area contributed by atoms with Crippen LogP contribution in [0.2, 0.25) is 0 Å². The highest BCUT2D eigenvalue weighted by molar-refractivity contribution is 5.88. The molecule has 2 aromatic carbocycles. The molecule has 36 heavy (non-hydrogen) atoms. The van der Waals surface area contributed by atoms with Crippen LogP contribution in [0.25, 0.3) is 16.7 Å². The minimum absolute atomic E-state index is 0.0418. The van der Waals surface area contributed by atoms with Gasteiger partial charge in [-0.05, 0) is 68.7 Å². The van der Waals surface area contributed by atoms with Gasteiger partial charge in [0.25, 0.3) is 0 Å². The van der Waals surface area contributed by atoms with Crippen molar-refractivity contribution in [1.29, 1.82) is 0 Å². The van der Waals surface area contributed by atoms with Gasteiger partial charge in [-0.2, -0.15) is 0 Å². The molecule has 0 bridgehead atoms. The highest BCUT2D eigenvalue weighted by Gasteiger charge is 2.36. The van der Waals surface area contributed by atoms with E-state index in [4.69, 9.17) is 4.99 Å². The standard InChI is InChI=1S/C27H31FN4.2C2H6/c1-20(24-10-5-11-25-26(24)31-19-30-25)32-16-13-27(14-17-32,21-6-4-7-22(28)18-21)12-15-29-23-8-2-3-9-23;2*1-2/h4-7,10-11,18-19H,1-3,8-9,12-17H2,(H,30,31);2*1-2H3. The summed E-state index contributed by atoms with van der Waals surface area (Å²) in [4.78, 5) is 15.0. The van der Waals surface area contributed by atoms with Crippen LogP contribution in [0.1, 0.15) is 83.8 Å². The van der Waals surface area contributed by atoms with E-state index in [2.05, 4.69) is 33.6 Å². The lowest BCUT2D eigenvalue weighted by atomic mass is 9.70. The first kappa shape index (κ1) is 27.6. The molecule has 5 rings (SSSR count). The molecular weight excluding hydrogens is 447 g/mol. The summed E-state index contributed by atoms with van der Waals surface area (Å²) < 4.78 is 14.1. The normalized spacial score (nSPS) is 16.6. The Labute approximate surface area is 216 Å². The number of hydrogen-bond acceptors (Lipinski definition) is 3. The van der Waals surface area contributed by atoms with Gasteiger partial charge in [0, 0.05) is 42.0 Å². The Bertz CT molecular complexity index is 1130. The monoisotopic (exact) mass is 490 g/mol. The Hall–Kier alpha value is -2.95. The Kier molecular flexibility index (Phi) is 10.3. The minimum Gasteiger partial charge on any atom is -0.371 e.